The monoisotopic (exact) mass is 300 g/mol. The molecule has 2 aromatic carbocycles. The molecule has 2 N–H and O–H groups in total. The van der Waals surface area contributed by atoms with E-state index in [0.717, 1.165) is 0 Å². The maximum Gasteiger partial charge on any atom is 0.330 e. The van der Waals surface area contributed by atoms with Crippen LogP contribution in [0, 0.1) is 0 Å². The van der Waals surface area contributed by atoms with Gasteiger partial charge < -0.3 is 19.7 Å². The Morgan fingerprint density at radius 3 is 2.50 bits per heavy atom. The van der Waals surface area contributed by atoms with Crippen molar-refractivity contribution in [3.05, 3.63) is 60.2 Å². The number of benzene rings is 2. The van der Waals surface area contributed by atoms with Crippen LogP contribution in [0.4, 0.5) is 0 Å². The fraction of sp³-hybridized carbons (Fsp3) is 0.118. The third-order valence-electron chi connectivity index (χ3n) is 2.75. The van der Waals surface area contributed by atoms with Gasteiger partial charge in [0.15, 0.2) is 11.5 Å². The molecule has 22 heavy (non-hydrogen) atoms. The Bertz CT molecular complexity index is 649. The van der Waals surface area contributed by atoms with Crippen molar-refractivity contribution in [2.75, 3.05) is 13.2 Å². The number of hydrogen-bond donors (Lipinski definition) is 2. The molecule has 2 rings (SSSR count). The van der Waals surface area contributed by atoms with Crippen molar-refractivity contribution < 1.29 is 24.5 Å². The van der Waals surface area contributed by atoms with E-state index in [9.17, 15) is 15.0 Å². The Hall–Kier alpha value is -2.95. The third-order valence-corrected chi connectivity index (χ3v) is 2.75. The summed E-state index contributed by atoms with van der Waals surface area (Å²) < 4.78 is 10.4. The van der Waals surface area contributed by atoms with Crippen molar-refractivity contribution >= 4 is 12.0 Å². The maximum absolute atomic E-state index is 11.5. The second-order valence-corrected chi connectivity index (χ2v) is 4.41. The minimum atomic E-state index is -0.510. The Kier molecular flexibility index (Phi) is 5.43. The lowest BCUT2D eigenvalue weighted by molar-refractivity contribution is -0.138. The highest BCUT2D eigenvalue weighted by Gasteiger charge is 2.00. The fourth-order valence-corrected chi connectivity index (χ4v) is 1.68. The SMILES string of the molecule is O=C(/C=C/c1ccc(O)c(O)c1)OCCOc1ccccc1. The highest BCUT2D eigenvalue weighted by atomic mass is 16.6. The van der Waals surface area contributed by atoms with E-state index in [1.165, 1.54) is 24.3 Å². The summed E-state index contributed by atoms with van der Waals surface area (Å²) >= 11 is 0. The molecule has 0 atom stereocenters. The van der Waals surface area contributed by atoms with Crippen LogP contribution in [0.5, 0.6) is 17.2 Å². The van der Waals surface area contributed by atoms with E-state index in [1.54, 1.807) is 6.07 Å². The van der Waals surface area contributed by atoms with Gasteiger partial charge in [0.25, 0.3) is 0 Å². The molecule has 0 aliphatic heterocycles. The molecule has 0 aliphatic rings. The molecule has 0 amide bonds. The van der Waals surface area contributed by atoms with Gasteiger partial charge in [0.05, 0.1) is 0 Å². The van der Waals surface area contributed by atoms with Crippen LogP contribution in [0.3, 0.4) is 0 Å². The van der Waals surface area contributed by atoms with Crippen molar-refractivity contribution in [2.24, 2.45) is 0 Å². The number of hydrogen-bond acceptors (Lipinski definition) is 5. The first-order valence-electron chi connectivity index (χ1n) is 6.70. The van der Waals surface area contributed by atoms with Crippen LogP contribution in [0.25, 0.3) is 6.08 Å². The number of carbonyl (C=O) groups is 1. The lowest BCUT2D eigenvalue weighted by atomic mass is 10.2. The third kappa shape index (κ3) is 4.86. The van der Waals surface area contributed by atoms with Crippen molar-refractivity contribution in [2.45, 2.75) is 0 Å². The molecule has 0 radical (unpaired) electrons. The van der Waals surface area contributed by atoms with Crippen molar-refractivity contribution in [3.63, 3.8) is 0 Å². The smallest absolute Gasteiger partial charge is 0.330 e. The summed E-state index contributed by atoms with van der Waals surface area (Å²) in [6, 6.07) is 13.5. The number of phenols is 2. The molecule has 0 aromatic heterocycles. The van der Waals surface area contributed by atoms with Crippen molar-refractivity contribution in [1.82, 2.24) is 0 Å². The molecule has 0 bridgehead atoms. The summed E-state index contributed by atoms with van der Waals surface area (Å²) in [5, 5.41) is 18.5. The summed E-state index contributed by atoms with van der Waals surface area (Å²) in [6.07, 6.45) is 2.73. The van der Waals surface area contributed by atoms with Gasteiger partial charge in [-0.2, -0.15) is 0 Å². The number of rotatable bonds is 6. The number of para-hydroxylation sites is 1. The molecule has 0 aliphatic carbocycles. The van der Waals surface area contributed by atoms with Crippen molar-refractivity contribution in [3.8, 4) is 17.2 Å². The molecule has 5 heteroatoms. The van der Waals surface area contributed by atoms with Gasteiger partial charge in [-0.1, -0.05) is 24.3 Å². The highest BCUT2D eigenvalue weighted by molar-refractivity contribution is 5.87. The predicted molar refractivity (Wildman–Crippen MR) is 81.7 cm³/mol. The molecule has 0 fully saturated rings. The average Bonchev–Trinajstić information content (AvgIpc) is 2.54. The number of ether oxygens (including phenoxy) is 2. The predicted octanol–water partition coefficient (Wildman–Crippen LogP) is 2.73. The Labute approximate surface area is 128 Å². The Morgan fingerprint density at radius 2 is 1.77 bits per heavy atom. The minimum absolute atomic E-state index is 0.138. The van der Waals surface area contributed by atoms with Crippen LogP contribution in [0.1, 0.15) is 5.56 Å². The van der Waals surface area contributed by atoms with Gasteiger partial charge >= 0.3 is 5.97 Å². The first-order chi connectivity index (χ1) is 10.6. The van der Waals surface area contributed by atoms with E-state index in [2.05, 4.69) is 0 Å². The highest BCUT2D eigenvalue weighted by Crippen LogP contribution is 2.25. The van der Waals surface area contributed by atoms with E-state index in [0.29, 0.717) is 11.3 Å². The zero-order valence-corrected chi connectivity index (χ0v) is 11.8. The summed E-state index contributed by atoms with van der Waals surface area (Å²) in [7, 11) is 0. The summed E-state index contributed by atoms with van der Waals surface area (Å²) in [6.45, 7) is 0.405. The van der Waals surface area contributed by atoms with Crippen LogP contribution in [0.15, 0.2) is 54.6 Å². The maximum atomic E-state index is 11.5. The molecule has 114 valence electrons. The summed E-state index contributed by atoms with van der Waals surface area (Å²) in [4.78, 5) is 11.5. The lowest BCUT2D eigenvalue weighted by Gasteiger charge is -2.05. The van der Waals surface area contributed by atoms with Crippen LogP contribution >= 0.6 is 0 Å². The van der Waals surface area contributed by atoms with Gasteiger partial charge in [-0.15, -0.1) is 0 Å². The second-order valence-electron chi connectivity index (χ2n) is 4.41. The van der Waals surface area contributed by atoms with Gasteiger partial charge in [0.2, 0.25) is 0 Å². The minimum Gasteiger partial charge on any atom is -0.504 e. The van der Waals surface area contributed by atoms with Crippen molar-refractivity contribution in [1.29, 1.82) is 0 Å². The second kappa shape index (κ2) is 7.73. The van der Waals surface area contributed by atoms with E-state index >= 15 is 0 Å². The molecule has 0 heterocycles. The van der Waals surface area contributed by atoms with Gasteiger partial charge in [0, 0.05) is 6.08 Å². The van der Waals surface area contributed by atoms with Crippen LogP contribution in [0.2, 0.25) is 0 Å². The fourth-order valence-electron chi connectivity index (χ4n) is 1.68. The first-order valence-corrected chi connectivity index (χ1v) is 6.70. The van der Waals surface area contributed by atoms with E-state index in [1.807, 2.05) is 30.3 Å². The summed E-state index contributed by atoms with van der Waals surface area (Å²) in [5.74, 6) is -0.248. The van der Waals surface area contributed by atoms with E-state index in [-0.39, 0.29) is 24.7 Å². The number of esters is 1. The zero-order chi connectivity index (χ0) is 15.8. The Morgan fingerprint density at radius 1 is 1.00 bits per heavy atom. The standard InChI is InChI=1S/C17H16O5/c18-15-8-6-13(12-16(15)19)7-9-17(20)22-11-10-21-14-4-2-1-3-5-14/h1-9,12,18-19H,10-11H2/b9-7+. The molecule has 0 unspecified atom stereocenters. The topological polar surface area (TPSA) is 76.0 Å². The van der Waals surface area contributed by atoms with Crippen LogP contribution < -0.4 is 4.74 Å². The molecular weight excluding hydrogens is 284 g/mol. The number of phenolic OH excluding ortho intramolecular Hbond substituents is 2. The van der Waals surface area contributed by atoms with E-state index < -0.39 is 5.97 Å². The number of carbonyl (C=O) groups excluding carboxylic acids is 1. The first kappa shape index (κ1) is 15.4. The quantitative estimate of drug-likeness (QED) is 0.371. The van der Waals surface area contributed by atoms with Crippen LogP contribution in [-0.2, 0) is 9.53 Å². The molecular formula is C17H16O5. The number of aromatic hydroxyl groups is 2. The molecule has 2 aromatic rings. The van der Waals surface area contributed by atoms with Gasteiger partial charge in [-0.25, -0.2) is 4.79 Å². The van der Waals surface area contributed by atoms with Crippen LogP contribution in [-0.4, -0.2) is 29.4 Å². The molecule has 0 saturated carbocycles. The normalized spacial score (nSPS) is 10.5. The summed E-state index contributed by atoms with van der Waals surface area (Å²) in [5.41, 5.74) is 0.577. The molecule has 0 saturated heterocycles. The van der Waals surface area contributed by atoms with E-state index in [4.69, 9.17) is 9.47 Å². The van der Waals surface area contributed by atoms with Gasteiger partial charge in [-0.05, 0) is 35.9 Å². The molecule has 0 spiro atoms. The molecule has 5 nitrogen and oxygen atoms in total. The lowest BCUT2D eigenvalue weighted by Crippen LogP contribution is -2.10. The zero-order valence-electron chi connectivity index (χ0n) is 11.8. The Balaban J connectivity index is 1.73. The van der Waals surface area contributed by atoms with Gasteiger partial charge in [-0.3, -0.25) is 0 Å². The average molecular weight is 300 g/mol. The largest absolute Gasteiger partial charge is 0.504 e. The van der Waals surface area contributed by atoms with Gasteiger partial charge in [0.1, 0.15) is 19.0 Å².